The van der Waals surface area contributed by atoms with Gasteiger partial charge >= 0.3 is 5.97 Å². The van der Waals surface area contributed by atoms with Gasteiger partial charge in [-0.05, 0) is 19.1 Å². The molecule has 6 nitrogen and oxygen atoms in total. The van der Waals surface area contributed by atoms with E-state index in [9.17, 15) is 9.59 Å². The quantitative estimate of drug-likeness (QED) is 0.751. The fraction of sp³-hybridized carbons (Fsp3) is 0.455. The first-order valence-electron chi connectivity index (χ1n) is 5.33. The highest BCUT2D eigenvalue weighted by atomic mass is 16.4. The number of carbonyl (C=O) groups excluding carboxylic acids is 1. The molecule has 94 valence electrons. The molecule has 0 aliphatic carbocycles. The number of carbonyl (C=O) groups is 2. The van der Waals surface area contributed by atoms with Crippen LogP contribution >= 0.6 is 0 Å². The summed E-state index contributed by atoms with van der Waals surface area (Å²) in [6.07, 6.45) is 1.15. The molecule has 0 aliphatic heterocycles. The van der Waals surface area contributed by atoms with Crippen LogP contribution in [-0.2, 0) is 16.1 Å². The Hall–Kier alpha value is -1.82. The van der Waals surface area contributed by atoms with Gasteiger partial charge in [0.15, 0.2) is 0 Å². The van der Waals surface area contributed by atoms with Gasteiger partial charge in [-0.15, -0.1) is 0 Å². The van der Waals surface area contributed by atoms with Crippen molar-refractivity contribution in [1.29, 1.82) is 0 Å². The smallest absolute Gasteiger partial charge is 0.305 e. The molecule has 1 aromatic heterocycles. The Morgan fingerprint density at radius 3 is 2.76 bits per heavy atom. The highest BCUT2D eigenvalue weighted by molar-refractivity contribution is 5.85. The van der Waals surface area contributed by atoms with Gasteiger partial charge in [0.05, 0.1) is 25.3 Å². The van der Waals surface area contributed by atoms with Crippen molar-refractivity contribution < 1.29 is 19.1 Å². The van der Waals surface area contributed by atoms with Crippen LogP contribution in [0.25, 0.3) is 0 Å². The summed E-state index contributed by atoms with van der Waals surface area (Å²) in [5, 5.41) is 8.57. The Bertz CT molecular complexity index is 375. The lowest BCUT2D eigenvalue weighted by Gasteiger charge is -2.22. The van der Waals surface area contributed by atoms with Gasteiger partial charge in [-0.1, -0.05) is 0 Å². The standard InChI is InChI=1S/C11H16N2O4/c1-2-13(7-8-4-3-5-17-8)11(16)9(12)6-10(14)15/h3-5,9H,2,6-7,12H2,1H3,(H,14,15). The highest BCUT2D eigenvalue weighted by Gasteiger charge is 2.22. The first-order chi connectivity index (χ1) is 8.04. The molecule has 17 heavy (non-hydrogen) atoms. The van der Waals surface area contributed by atoms with Gasteiger partial charge in [-0.3, -0.25) is 9.59 Å². The molecule has 0 saturated carbocycles. The summed E-state index contributed by atoms with van der Waals surface area (Å²) in [7, 11) is 0. The molecule has 0 fully saturated rings. The number of furan rings is 1. The molecule has 0 aliphatic rings. The van der Waals surface area contributed by atoms with Crippen LogP contribution in [0.15, 0.2) is 22.8 Å². The van der Waals surface area contributed by atoms with Gasteiger partial charge in [0, 0.05) is 6.54 Å². The maximum absolute atomic E-state index is 11.8. The first-order valence-corrected chi connectivity index (χ1v) is 5.33. The van der Waals surface area contributed by atoms with E-state index in [1.165, 1.54) is 11.2 Å². The lowest BCUT2D eigenvalue weighted by atomic mass is 10.2. The number of carboxylic acid groups (broad SMARTS) is 1. The molecule has 1 rings (SSSR count). The van der Waals surface area contributed by atoms with Crippen LogP contribution in [0.2, 0.25) is 0 Å². The number of aliphatic carboxylic acids is 1. The molecular formula is C11H16N2O4. The van der Waals surface area contributed by atoms with Crippen molar-refractivity contribution in [3.63, 3.8) is 0 Å². The number of nitrogens with zero attached hydrogens (tertiary/aromatic N) is 1. The molecule has 1 atom stereocenters. The fourth-order valence-corrected chi connectivity index (χ4v) is 1.45. The first kappa shape index (κ1) is 13.2. The Morgan fingerprint density at radius 1 is 1.59 bits per heavy atom. The SMILES string of the molecule is CCN(Cc1ccco1)C(=O)C(N)CC(=O)O. The Kier molecular flexibility index (Phi) is 4.71. The van der Waals surface area contributed by atoms with Crippen molar-refractivity contribution in [3.05, 3.63) is 24.2 Å². The van der Waals surface area contributed by atoms with E-state index in [2.05, 4.69) is 0 Å². The van der Waals surface area contributed by atoms with Crippen LogP contribution in [0, 0.1) is 0 Å². The number of nitrogens with two attached hydrogens (primary N) is 1. The van der Waals surface area contributed by atoms with Gasteiger partial charge in [-0.25, -0.2) is 0 Å². The summed E-state index contributed by atoms with van der Waals surface area (Å²) < 4.78 is 5.13. The minimum atomic E-state index is -1.08. The summed E-state index contributed by atoms with van der Waals surface area (Å²) in [5.74, 6) is -0.825. The maximum atomic E-state index is 11.8. The number of hydrogen-bond donors (Lipinski definition) is 2. The molecule has 6 heteroatoms. The topological polar surface area (TPSA) is 96.8 Å². The van der Waals surface area contributed by atoms with E-state index in [4.69, 9.17) is 15.3 Å². The lowest BCUT2D eigenvalue weighted by Crippen LogP contribution is -2.44. The predicted octanol–water partition coefficient (Wildman–Crippen LogP) is 0.430. The van der Waals surface area contributed by atoms with Crippen molar-refractivity contribution in [2.24, 2.45) is 5.73 Å². The third kappa shape index (κ3) is 3.92. The molecule has 0 radical (unpaired) electrons. The van der Waals surface area contributed by atoms with E-state index >= 15 is 0 Å². The summed E-state index contributed by atoms with van der Waals surface area (Å²) in [6.45, 7) is 2.55. The van der Waals surface area contributed by atoms with Crippen LogP contribution in [0.1, 0.15) is 19.1 Å². The van der Waals surface area contributed by atoms with Crippen molar-refractivity contribution in [3.8, 4) is 0 Å². The van der Waals surface area contributed by atoms with E-state index in [1.807, 2.05) is 0 Å². The second-order valence-electron chi connectivity index (χ2n) is 3.64. The summed E-state index contributed by atoms with van der Waals surface area (Å²) >= 11 is 0. The zero-order valence-electron chi connectivity index (χ0n) is 9.63. The van der Waals surface area contributed by atoms with Crippen molar-refractivity contribution in [2.45, 2.75) is 25.9 Å². The fourth-order valence-electron chi connectivity index (χ4n) is 1.45. The largest absolute Gasteiger partial charge is 0.481 e. The predicted molar refractivity (Wildman–Crippen MR) is 60.0 cm³/mol. The van der Waals surface area contributed by atoms with Crippen molar-refractivity contribution in [2.75, 3.05) is 6.54 Å². The van der Waals surface area contributed by atoms with E-state index in [1.54, 1.807) is 19.1 Å². The zero-order valence-corrected chi connectivity index (χ0v) is 9.63. The molecule has 0 saturated heterocycles. The van der Waals surface area contributed by atoms with Crippen LogP contribution in [0.3, 0.4) is 0 Å². The average molecular weight is 240 g/mol. The third-order valence-electron chi connectivity index (χ3n) is 2.33. The summed E-state index contributed by atoms with van der Waals surface area (Å²) in [6, 6.07) is 2.46. The highest BCUT2D eigenvalue weighted by Crippen LogP contribution is 2.07. The van der Waals surface area contributed by atoms with E-state index in [0.717, 1.165) is 0 Å². The number of rotatable bonds is 6. The van der Waals surface area contributed by atoms with Crippen LogP contribution in [0.5, 0.6) is 0 Å². The van der Waals surface area contributed by atoms with Crippen LogP contribution in [-0.4, -0.2) is 34.5 Å². The van der Waals surface area contributed by atoms with Gasteiger partial charge in [0.2, 0.25) is 5.91 Å². The normalized spacial score (nSPS) is 12.1. The molecule has 0 spiro atoms. The molecule has 1 amide bonds. The molecule has 3 N–H and O–H groups in total. The molecule has 0 bridgehead atoms. The second kappa shape index (κ2) is 6.05. The second-order valence-corrected chi connectivity index (χ2v) is 3.64. The summed E-state index contributed by atoms with van der Waals surface area (Å²) in [4.78, 5) is 23.8. The molecule has 0 aromatic carbocycles. The Balaban J connectivity index is 2.60. The zero-order chi connectivity index (χ0) is 12.8. The number of amides is 1. The molecule has 1 unspecified atom stereocenters. The third-order valence-corrected chi connectivity index (χ3v) is 2.33. The maximum Gasteiger partial charge on any atom is 0.305 e. The van der Waals surface area contributed by atoms with E-state index in [0.29, 0.717) is 18.8 Å². The van der Waals surface area contributed by atoms with Crippen molar-refractivity contribution >= 4 is 11.9 Å². The Morgan fingerprint density at radius 2 is 2.29 bits per heavy atom. The van der Waals surface area contributed by atoms with Crippen LogP contribution < -0.4 is 5.73 Å². The lowest BCUT2D eigenvalue weighted by molar-refractivity contribution is -0.142. The minimum Gasteiger partial charge on any atom is -0.481 e. The summed E-state index contributed by atoms with van der Waals surface area (Å²) in [5.41, 5.74) is 5.52. The van der Waals surface area contributed by atoms with E-state index < -0.39 is 12.0 Å². The molecule has 1 heterocycles. The van der Waals surface area contributed by atoms with Gasteiger partial charge in [-0.2, -0.15) is 0 Å². The van der Waals surface area contributed by atoms with Crippen molar-refractivity contribution in [1.82, 2.24) is 4.90 Å². The molecule has 1 aromatic rings. The van der Waals surface area contributed by atoms with Gasteiger partial charge in [0.1, 0.15) is 5.76 Å². The van der Waals surface area contributed by atoms with Gasteiger partial charge < -0.3 is 20.2 Å². The van der Waals surface area contributed by atoms with Gasteiger partial charge in [0.25, 0.3) is 0 Å². The average Bonchev–Trinajstić information content (AvgIpc) is 2.76. The monoisotopic (exact) mass is 240 g/mol. The number of hydrogen-bond acceptors (Lipinski definition) is 4. The van der Waals surface area contributed by atoms with Crippen LogP contribution in [0.4, 0.5) is 0 Å². The number of likely N-dealkylation sites (N-methyl/N-ethyl adjacent to an activating group) is 1. The van der Waals surface area contributed by atoms with E-state index in [-0.39, 0.29) is 12.3 Å². The molecular weight excluding hydrogens is 224 g/mol. The number of carboxylic acids is 1. The minimum absolute atomic E-state index is 0.301. The Labute approximate surface area is 99.0 Å².